The zero-order valence-electron chi connectivity index (χ0n) is 26.7. The lowest BCUT2D eigenvalue weighted by Gasteiger charge is -2.05. The van der Waals surface area contributed by atoms with Crippen LogP contribution in [0.5, 0.6) is 0 Å². The molecule has 0 radical (unpaired) electrons. The largest absolute Gasteiger partial charge is 0.466 e. The SMILES string of the molecule is CCCCCCCCCCCCCCCCCCCCCCCCCCCCCCCCC(=O)OCCC. The van der Waals surface area contributed by atoms with E-state index in [1.165, 1.54) is 186 Å². The zero-order chi connectivity index (χ0) is 27.6. The van der Waals surface area contributed by atoms with Gasteiger partial charge in [-0.1, -0.05) is 200 Å². The molecular weight excluding hydrogens is 464 g/mol. The molecule has 0 aromatic carbocycles. The van der Waals surface area contributed by atoms with Gasteiger partial charge in [-0.25, -0.2) is 0 Å². The van der Waals surface area contributed by atoms with Gasteiger partial charge in [0.15, 0.2) is 0 Å². The minimum Gasteiger partial charge on any atom is -0.466 e. The molecule has 0 fully saturated rings. The first-order chi connectivity index (χ1) is 18.8. The number of ether oxygens (including phenoxy) is 1. The lowest BCUT2D eigenvalue weighted by molar-refractivity contribution is -0.143. The molecule has 0 aromatic rings. The van der Waals surface area contributed by atoms with E-state index in [0.717, 1.165) is 12.8 Å². The summed E-state index contributed by atoms with van der Waals surface area (Å²) >= 11 is 0. The van der Waals surface area contributed by atoms with Gasteiger partial charge in [0.25, 0.3) is 0 Å². The zero-order valence-corrected chi connectivity index (χ0v) is 26.7. The van der Waals surface area contributed by atoms with Crippen molar-refractivity contribution in [3.05, 3.63) is 0 Å². The Balaban J connectivity index is 3.05. The van der Waals surface area contributed by atoms with Crippen LogP contribution in [0.1, 0.15) is 219 Å². The minimum absolute atomic E-state index is 0.00734. The quantitative estimate of drug-likeness (QED) is 0.0615. The third-order valence-corrected chi connectivity index (χ3v) is 8.20. The van der Waals surface area contributed by atoms with Crippen LogP contribution in [0.3, 0.4) is 0 Å². The van der Waals surface area contributed by atoms with Gasteiger partial charge in [0.1, 0.15) is 0 Å². The maximum Gasteiger partial charge on any atom is 0.305 e. The maximum atomic E-state index is 11.4. The molecule has 0 aromatic heterocycles. The number of hydrogen-bond donors (Lipinski definition) is 0. The maximum absolute atomic E-state index is 11.4. The Morgan fingerprint density at radius 1 is 0.342 bits per heavy atom. The van der Waals surface area contributed by atoms with Crippen molar-refractivity contribution >= 4 is 5.97 Å². The summed E-state index contributed by atoms with van der Waals surface area (Å²) in [5, 5.41) is 0. The van der Waals surface area contributed by atoms with E-state index in [1.807, 2.05) is 6.92 Å². The van der Waals surface area contributed by atoms with Crippen molar-refractivity contribution in [2.24, 2.45) is 0 Å². The summed E-state index contributed by atoms with van der Waals surface area (Å²) in [6.07, 6.45) is 44.2. The van der Waals surface area contributed by atoms with Crippen LogP contribution in [0.15, 0.2) is 0 Å². The Labute approximate surface area is 241 Å². The molecule has 0 amide bonds. The van der Waals surface area contributed by atoms with Gasteiger partial charge in [0.2, 0.25) is 0 Å². The van der Waals surface area contributed by atoms with Gasteiger partial charge >= 0.3 is 5.97 Å². The molecule has 2 heteroatoms. The molecule has 0 rings (SSSR count). The van der Waals surface area contributed by atoms with Crippen LogP contribution in [0.4, 0.5) is 0 Å². The number of unbranched alkanes of at least 4 members (excludes halogenated alkanes) is 29. The van der Waals surface area contributed by atoms with E-state index >= 15 is 0 Å². The average molecular weight is 537 g/mol. The van der Waals surface area contributed by atoms with Gasteiger partial charge < -0.3 is 4.74 Å². The van der Waals surface area contributed by atoms with Crippen LogP contribution in [0, 0.1) is 0 Å². The third-order valence-electron chi connectivity index (χ3n) is 8.20. The lowest BCUT2D eigenvalue weighted by atomic mass is 10.0. The van der Waals surface area contributed by atoms with Gasteiger partial charge in [-0.15, -0.1) is 0 Å². The molecule has 38 heavy (non-hydrogen) atoms. The van der Waals surface area contributed by atoms with Gasteiger partial charge in [-0.05, 0) is 12.8 Å². The van der Waals surface area contributed by atoms with Crippen molar-refractivity contribution in [3.63, 3.8) is 0 Å². The molecule has 0 aliphatic rings. The summed E-state index contributed by atoms with van der Waals surface area (Å²) < 4.78 is 5.12. The fourth-order valence-electron chi connectivity index (χ4n) is 5.58. The van der Waals surface area contributed by atoms with E-state index in [1.54, 1.807) is 0 Å². The Kier molecular flexibility index (Phi) is 34.0. The fourth-order valence-corrected chi connectivity index (χ4v) is 5.58. The van der Waals surface area contributed by atoms with Crippen LogP contribution >= 0.6 is 0 Å². The van der Waals surface area contributed by atoms with Gasteiger partial charge in [-0.3, -0.25) is 4.79 Å². The molecule has 0 bridgehead atoms. The van der Waals surface area contributed by atoms with E-state index in [0.29, 0.717) is 13.0 Å². The van der Waals surface area contributed by atoms with Crippen LogP contribution in [0.25, 0.3) is 0 Å². The van der Waals surface area contributed by atoms with E-state index in [4.69, 9.17) is 4.74 Å². The molecule has 0 aliphatic carbocycles. The Bertz CT molecular complexity index is 433. The Morgan fingerprint density at radius 3 is 0.816 bits per heavy atom. The summed E-state index contributed by atoms with van der Waals surface area (Å²) in [4.78, 5) is 11.4. The normalized spacial score (nSPS) is 11.3. The highest BCUT2D eigenvalue weighted by Gasteiger charge is 2.01. The first kappa shape index (κ1) is 37.5. The number of carbonyl (C=O) groups excluding carboxylic acids is 1. The van der Waals surface area contributed by atoms with E-state index in [2.05, 4.69) is 6.92 Å². The minimum atomic E-state index is -0.00734. The first-order valence-corrected chi connectivity index (χ1v) is 18.0. The molecule has 2 nitrogen and oxygen atoms in total. The molecule has 0 atom stereocenters. The van der Waals surface area contributed by atoms with Crippen molar-refractivity contribution in [1.82, 2.24) is 0 Å². The standard InChI is InChI=1S/C36H72O2/c1-3-5-6-7-8-9-10-11-12-13-14-15-16-17-18-19-20-21-22-23-24-25-26-27-28-29-30-31-32-33-34-36(37)38-35-4-2/h3-35H2,1-2H3. The van der Waals surface area contributed by atoms with Crippen LogP contribution in [0.2, 0.25) is 0 Å². The summed E-state index contributed by atoms with van der Waals surface area (Å²) in [7, 11) is 0. The highest BCUT2D eigenvalue weighted by atomic mass is 16.5. The second-order valence-corrected chi connectivity index (χ2v) is 12.2. The first-order valence-electron chi connectivity index (χ1n) is 18.0. The molecule has 0 N–H and O–H groups in total. The Morgan fingerprint density at radius 2 is 0.579 bits per heavy atom. The van der Waals surface area contributed by atoms with Crippen molar-refractivity contribution in [1.29, 1.82) is 0 Å². The summed E-state index contributed by atoms with van der Waals surface area (Å²) in [5.41, 5.74) is 0. The second-order valence-electron chi connectivity index (χ2n) is 12.2. The Hall–Kier alpha value is -0.530. The molecule has 0 saturated carbocycles. The van der Waals surface area contributed by atoms with E-state index in [9.17, 15) is 4.79 Å². The highest BCUT2D eigenvalue weighted by Crippen LogP contribution is 2.16. The monoisotopic (exact) mass is 537 g/mol. The topological polar surface area (TPSA) is 26.3 Å². The predicted molar refractivity (Wildman–Crippen MR) is 170 cm³/mol. The molecule has 0 spiro atoms. The fraction of sp³-hybridized carbons (Fsp3) is 0.972. The van der Waals surface area contributed by atoms with Crippen molar-refractivity contribution in [3.8, 4) is 0 Å². The van der Waals surface area contributed by atoms with Gasteiger partial charge in [0, 0.05) is 6.42 Å². The molecule has 228 valence electrons. The van der Waals surface area contributed by atoms with E-state index in [-0.39, 0.29) is 5.97 Å². The summed E-state index contributed by atoms with van der Waals surface area (Å²) in [6.45, 7) is 4.92. The highest BCUT2D eigenvalue weighted by molar-refractivity contribution is 5.69. The second kappa shape index (κ2) is 34.5. The predicted octanol–water partition coefficient (Wildman–Crippen LogP) is 13.1. The van der Waals surface area contributed by atoms with Crippen LogP contribution < -0.4 is 0 Å². The van der Waals surface area contributed by atoms with Crippen molar-refractivity contribution in [2.45, 2.75) is 219 Å². The number of esters is 1. The summed E-state index contributed by atoms with van der Waals surface area (Å²) in [6, 6.07) is 0. The molecule has 0 unspecified atom stereocenters. The number of rotatable bonds is 33. The third kappa shape index (κ3) is 33.5. The lowest BCUT2D eigenvalue weighted by Crippen LogP contribution is -2.04. The van der Waals surface area contributed by atoms with Crippen LogP contribution in [-0.4, -0.2) is 12.6 Å². The molecule has 0 heterocycles. The van der Waals surface area contributed by atoms with Crippen molar-refractivity contribution in [2.75, 3.05) is 6.61 Å². The summed E-state index contributed by atoms with van der Waals surface area (Å²) in [5.74, 6) is -0.00734. The molecular formula is C36H72O2. The molecule has 0 saturated heterocycles. The molecule has 0 aliphatic heterocycles. The average Bonchev–Trinajstić information content (AvgIpc) is 2.93. The smallest absolute Gasteiger partial charge is 0.305 e. The number of hydrogen-bond acceptors (Lipinski definition) is 2. The van der Waals surface area contributed by atoms with Crippen LogP contribution in [-0.2, 0) is 9.53 Å². The van der Waals surface area contributed by atoms with Gasteiger partial charge in [-0.2, -0.15) is 0 Å². The van der Waals surface area contributed by atoms with Gasteiger partial charge in [0.05, 0.1) is 6.61 Å². The van der Waals surface area contributed by atoms with E-state index < -0.39 is 0 Å². The number of carbonyl (C=O) groups is 1. The van der Waals surface area contributed by atoms with Crippen molar-refractivity contribution < 1.29 is 9.53 Å².